The molecule has 1 unspecified atom stereocenters. The molecule has 14 heteroatoms. The van der Waals surface area contributed by atoms with Crippen LogP contribution in [-0.2, 0) is 9.16 Å². The zero-order valence-electron chi connectivity index (χ0n) is 33.8. The van der Waals surface area contributed by atoms with Crippen LogP contribution in [0.15, 0.2) is 24.5 Å². The van der Waals surface area contributed by atoms with Crippen molar-refractivity contribution in [2.24, 2.45) is 0 Å². The maximum Gasteiger partial charge on any atom is 0.319 e. The highest BCUT2D eigenvalue weighted by atomic mass is 28.4. The molecular formula is C42H57F2N7O4Si. The van der Waals surface area contributed by atoms with Crippen LogP contribution in [-0.4, -0.2) is 107 Å². The molecule has 0 amide bonds. The predicted molar refractivity (Wildman–Crippen MR) is 218 cm³/mol. The van der Waals surface area contributed by atoms with Gasteiger partial charge in [-0.2, -0.15) is 15.1 Å². The number of ether oxygens (including phenoxy) is 2. The third kappa shape index (κ3) is 7.36. The van der Waals surface area contributed by atoms with E-state index >= 15 is 4.39 Å². The van der Waals surface area contributed by atoms with Crippen LogP contribution in [0.3, 0.4) is 0 Å². The van der Waals surface area contributed by atoms with Gasteiger partial charge in [-0.1, -0.05) is 32.9 Å². The second-order valence-electron chi connectivity index (χ2n) is 17.9. The van der Waals surface area contributed by atoms with Gasteiger partial charge < -0.3 is 23.9 Å². The van der Waals surface area contributed by atoms with E-state index in [9.17, 15) is 9.50 Å². The fourth-order valence-electron chi connectivity index (χ4n) is 8.88. The minimum Gasteiger partial charge on any atom is -0.461 e. The molecule has 7 heterocycles. The molecule has 0 saturated carbocycles. The Bertz CT molecular complexity index is 2120. The van der Waals surface area contributed by atoms with Gasteiger partial charge in [-0.3, -0.25) is 9.88 Å². The summed E-state index contributed by atoms with van der Waals surface area (Å²) in [6.07, 6.45) is 12.4. The summed E-state index contributed by atoms with van der Waals surface area (Å²) in [5, 5.41) is 16.7. The lowest BCUT2D eigenvalue weighted by atomic mass is 9.94. The van der Waals surface area contributed by atoms with Crippen molar-refractivity contribution in [2.45, 2.75) is 121 Å². The topological polar surface area (TPSA) is 111 Å². The first-order chi connectivity index (χ1) is 26.7. The number of halogens is 2. The fraction of sp³-hybridized carbons (Fsp3) is 0.619. The van der Waals surface area contributed by atoms with Crippen molar-refractivity contribution in [3.63, 3.8) is 0 Å². The van der Waals surface area contributed by atoms with Crippen LogP contribution in [0, 0.1) is 12.7 Å². The fourth-order valence-corrected chi connectivity index (χ4v) is 9.83. The lowest BCUT2D eigenvalue weighted by Crippen LogP contribution is -2.43. The molecule has 4 atom stereocenters. The minimum atomic E-state index is -2.01. The van der Waals surface area contributed by atoms with Crippen LogP contribution in [0.4, 0.5) is 14.6 Å². The predicted octanol–water partition coefficient (Wildman–Crippen LogP) is 8.14. The van der Waals surface area contributed by atoms with Crippen LogP contribution in [0.25, 0.3) is 39.1 Å². The van der Waals surface area contributed by atoms with Crippen LogP contribution in [0.2, 0.25) is 18.1 Å². The van der Waals surface area contributed by atoms with Crippen molar-refractivity contribution < 1.29 is 27.8 Å². The monoisotopic (exact) mass is 789 g/mol. The van der Waals surface area contributed by atoms with Gasteiger partial charge in [0.2, 0.25) is 0 Å². The number of pyridine rings is 1. The quantitative estimate of drug-likeness (QED) is 0.158. The first kappa shape index (κ1) is 39.3. The molecule has 1 N–H and O–H groups in total. The Morgan fingerprint density at radius 1 is 1.07 bits per heavy atom. The van der Waals surface area contributed by atoms with E-state index < -0.39 is 31.9 Å². The zero-order chi connectivity index (χ0) is 39.4. The van der Waals surface area contributed by atoms with E-state index in [1.54, 1.807) is 12.4 Å². The highest BCUT2D eigenvalue weighted by Crippen LogP contribution is 2.43. The van der Waals surface area contributed by atoms with E-state index in [0.29, 0.717) is 62.5 Å². The van der Waals surface area contributed by atoms with Crippen LogP contribution in [0.1, 0.15) is 89.5 Å². The van der Waals surface area contributed by atoms with Crippen molar-refractivity contribution in [1.82, 2.24) is 29.6 Å². The van der Waals surface area contributed by atoms with E-state index in [0.717, 1.165) is 67.1 Å². The second-order valence-corrected chi connectivity index (χ2v) is 22.7. The number of hydrogen-bond donors (Lipinski definition) is 1. The molecular weight excluding hydrogens is 733 g/mol. The number of rotatable bonds is 10. The number of fused-ring (bicyclic) bond motifs is 3. The number of hydrogen-bond acceptors (Lipinski definition) is 10. The highest BCUT2D eigenvalue weighted by molar-refractivity contribution is 6.74. The molecule has 4 aromatic rings. The van der Waals surface area contributed by atoms with Crippen LogP contribution < -0.4 is 9.64 Å². The van der Waals surface area contributed by atoms with E-state index in [4.69, 9.17) is 34.0 Å². The number of benzene rings is 1. The molecule has 302 valence electrons. The van der Waals surface area contributed by atoms with Crippen molar-refractivity contribution >= 4 is 42.0 Å². The zero-order valence-corrected chi connectivity index (χ0v) is 34.8. The van der Waals surface area contributed by atoms with Crippen LogP contribution in [0.5, 0.6) is 6.01 Å². The largest absolute Gasteiger partial charge is 0.461 e. The smallest absolute Gasteiger partial charge is 0.319 e. The third-order valence-electron chi connectivity index (χ3n) is 13.0. The van der Waals surface area contributed by atoms with Gasteiger partial charge in [0, 0.05) is 49.8 Å². The van der Waals surface area contributed by atoms with Gasteiger partial charge in [-0.05, 0) is 93.7 Å². The van der Waals surface area contributed by atoms with Gasteiger partial charge in [0.05, 0.1) is 35.3 Å². The lowest BCUT2D eigenvalue weighted by Gasteiger charge is -2.35. The Hall–Kier alpha value is -3.56. The first-order valence-electron chi connectivity index (χ1n) is 20.5. The number of nitrogens with zero attached hydrogens (tertiary/aromatic N) is 7. The maximum absolute atomic E-state index is 17.6. The summed E-state index contributed by atoms with van der Waals surface area (Å²) in [5.74, 6) is -0.128. The highest BCUT2D eigenvalue weighted by Gasteiger charge is 2.49. The van der Waals surface area contributed by atoms with Gasteiger partial charge >= 0.3 is 6.01 Å². The van der Waals surface area contributed by atoms with E-state index in [1.165, 1.54) is 0 Å². The van der Waals surface area contributed by atoms with E-state index in [2.05, 4.69) is 44.8 Å². The van der Waals surface area contributed by atoms with Gasteiger partial charge in [0.1, 0.15) is 29.8 Å². The standard InChI is InChI=1S/C42H57F2N7O4Si/c1-27-20-33-31(23-46-51(33)34-14-7-8-18-53-34)35(30(27)13-10-19-55-56(5,6)41(2,3)4)38-36(44)37-32(22-45-38)39(49-16-9-12-29(52)25-49)48-40(47-37)54-26-42-15-11-17-50(42)24-28(43)21-42/h10,13,20,22-23,28-29,34,52H,7-9,11-12,14-19,21,24-26H2,1-6H3/b13-10+/t28-,29-,34?,42+/m1/s1. The minimum absolute atomic E-state index is 0.0340. The van der Waals surface area contributed by atoms with Crippen molar-refractivity contribution in [1.29, 1.82) is 0 Å². The number of β-amino-alcohol motifs (C(OH)–C–C–N with tert-alkyl or cyclic N) is 1. The summed E-state index contributed by atoms with van der Waals surface area (Å²) in [5.41, 5.74) is 3.02. The molecule has 56 heavy (non-hydrogen) atoms. The Balaban J connectivity index is 1.25. The molecule has 0 spiro atoms. The van der Waals surface area contributed by atoms with Gasteiger partial charge in [-0.25, -0.2) is 13.5 Å². The summed E-state index contributed by atoms with van der Waals surface area (Å²) < 4.78 is 53.2. The molecule has 11 nitrogen and oxygen atoms in total. The van der Waals surface area contributed by atoms with Crippen LogP contribution >= 0.6 is 0 Å². The Kier molecular flexibility index (Phi) is 10.7. The van der Waals surface area contributed by atoms with Gasteiger partial charge in [0.15, 0.2) is 20.4 Å². The normalized spacial score (nSPS) is 25.2. The lowest BCUT2D eigenvalue weighted by molar-refractivity contribution is -0.0366. The number of aryl methyl sites for hydroxylation is 1. The summed E-state index contributed by atoms with van der Waals surface area (Å²) >= 11 is 0. The van der Waals surface area contributed by atoms with E-state index in [-0.39, 0.29) is 35.1 Å². The van der Waals surface area contributed by atoms with Gasteiger partial charge in [-0.15, -0.1) is 0 Å². The van der Waals surface area contributed by atoms with E-state index in [1.807, 2.05) is 28.7 Å². The molecule has 4 saturated heterocycles. The Morgan fingerprint density at radius 2 is 1.91 bits per heavy atom. The molecule has 4 aliphatic heterocycles. The molecule has 4 fully saturated rings. The number of anilines is 1. The molecule has 1 aromatic carbocycles. The van der Waals surface area contributed by atoms with Gasteiger partial charge in [0.25, 0.3) is 0 Å². The average Bonchev–Trinajstić information content (AvgIpc) is 3.84. The second kappa shape index (κ2) is 15.3. The van der Waals surface area contributed by atoms with Crippen molar-refractivity contribution in [3.8, 4) is 17.3 Å². The molecule has 8 rings (SSSR count). The molecule has 4 aliphatic rings. The molecule has 0 aliphatic carbocycles. The van der Waals surface area contributed by atoms with Crippen molar-refractivity contribution in [2.75, 3.05) is 50.9 Å². The number of aromatic nitrogens is 5. The summed E-state index contributed by atoms with van der Waals surface area (Å²) in [6.45, 7) is 16.7. The number of alkyl halides is 1. The number of aliphatic hydroxyl groups is 1. The molecule has 3 aromatic heterocycles. The Morgan fingerprint density at radius 3 is 2.68 bits per heavy atom. The number of aliphatic hydroxyl groups excluding tert-OH is 1. The number of piperidine rings is 1. The summed E-state index contributed by atoms with van der Waals surface area (Å²) in [4.78, 5) is 18.6. The third-order valence-corrected chi connectivity index (χ3v) is 17.5. The summed E-state index contributed by atoms with van der Waals surface area (Å²) in [6, 6.07) is 2.13. The van der Waals surface area contributed by atoms with Crippen molar-refractivity contribution in [3.05, 3.63) is 41.5 Å². The summed E-state index contributed by atoms with van der Waals surface area (Å²) in [7, 11) is -2.01. The maximum atomic E-state index is 17.6. The first-order valence-corrected chi connectivity index (χ1v) is 23.4. The molecule has 0 bridgehead atoms. The molecule has 0 radical (unpaired) electrons. The average molecular weight is 790 g/mol. The SMILES string of the molecule is Cc1cc2c(cnn2C2CCCCO2)c(-c2ncc3c(N4CCC[C@@H](O)C4)nc(OC[C@@]45CCCN4C[C@H](F)C5)nc3c2F)c1/C=C/CO[Si](C)(C)C(C)(C)C. The Labute approximate surface area is 329 Å².